The van der Waals surface area contributed by atoms with Crippen LogP contribution in [-0.2, 0) is 0 Å². The smallest absolute Gasteiger partial charge is 0.301 e. The summed E-state index contributed by atoms with van der Waals surface area (Å²) in [5.41, 5.74) is 0. The van der Waals surface area contributed by atoms with Crippen molar-refractivity contribution in [3.8, 4) is 0 Å². The van der Waals surface area contributed by atoms with Crippen molar-refractivity contribution in [1.82, 2.24) is 5.32 Å². The summed E-state index contributed by atoms with van der Waals surface area (Å²) in [5, 5.41) is 3.56. The Labute approximate surface area is 101 Å². The van der Waals surface area contributed by atoms with Crippen LogP contribution in [0.15, 0.2) is 30.3 Å². The van der Waals surface area contributed by atoms with Crippen LogP contribution in [0.2, 0.25) is 0 Å². The molecule has 17 heavy (non-hydrogen) atoms. The van der Waals surface area contributed by atoms with Crippen molar-refractivity contribution in [1.29, 1.82) is 0 Å². The molecule has 0 radical (unpaired) electrons. The van der Waals surface area contributed by atoms with Gasteiger partial charge >= 0.3 is 6.18 Å². The first kappa shape index (κ1) is 12.4. The molecule has 0 spiro atoms. The zero-order valence-corrected chi connectivity index (χ0v) is 10.0. The number of rotatable bonds is 3. The first-order valence-corrected chi connectivity index (χ1v) is 6.06. The molecule has 0 aliphatic rings. The first-order valence-electron chi connectivity index (χ1n) is 5.24. The molecule has 0 saturated carbocycles. The SMILES string of the molecule is CC(NCC(F)(F)F)c1cc2ccccc2s1. The van der Waals surface area contributed by atoms with Gasteiger partial charge in [-0.3, -0.25) is 0 Å². The maximum Gasteiger partial charge on any atom is 0.401 e. The van der Waals surface area contributed by atoms with Gasteiger partial charge in [0.1, 0.15) is 0 Å². The summed E-state index contributed by atoms with van der Waals surface area (Å²) >= 11 is 1.53. The van der Waals surface area contributed by atoms with Gasteiger partial charge in [-0.05, 0) is 24.4 Å². The molecule has 1 unspecified atom stereocenters. The number of fused-ring (bicyclic) bond motifs is 1. The lowest BCUT2D eigenvalue weighted by atomic mass is 10.2. The fourth-order valence-electron chi connectivity index (χ4n) is 1.59. The summed E-state index contributed by atoms with van der Waals surface area (Å²) in [4.78, 5) is 0.926. The molecule has 1 aromatic carbocycles. The first-order chi connectivity index (χ1) is 7.96. The van der Waals surface area contributed by atoms with Crippen molar-refractivity contribution in [3.05, 3.63) is 35.2 Å². The van der Waals surface area contributed by atoms with Crippen LogP contribution in [0.25, 0.3) is 10.1 Å². The molecule has 0 fully saturated rings. The Hall–Kier alpha value is -1.07. The van der Waals surface area contributed by atoms with Gasteiger partial charge in [-0.15, -0.1) is 11.3 Å². The number of halogens is 3. The van der Waals surface area contributed by atoms with Gasteiger partial charge in [0, 0.05) is 15.6 Å². The molecule has 1 aromatic heterocycles. The number of hydrogen-bond donors (Lipinski definition) is 1. The van der Waals surface area contributed by atoms with Gasteiger partial charge in [0.2, 0.25) is 0 Å². The van der Waals surface area contributed by atoms with Crippen molar-refractivity contribution >= 4 is 21.4 Å². The monoisotopic (exact) mass is 259 g/mol. The highest BCUT2D eigenvalue weighted by Crippen LogP contribution is 2.29. The van der Waals surface area contributed by atoms with Gasteiger partial charge < -0.3 is 5.32 Å². The molecule has 2 aromatic rings. The standard InChI is InChI=1S/C12H12F3NS/c1-8(16-7-12(13,14)15)11-6-9-4-2-3-5-10(9)17-11/h2-6,8,16H,7H2,1H3. The molecule has 92 valence electrons. The van der Waals surface area contributed by atoms with E-state index in [2.05, 4.69) is 5.32 Å². The highest BCUT2D eigenvalue weighted by Gasteiger charge is 2.27. The molecular weight excluding hydrogens is 247 g/mol. The zero-order valence-electron chi connectivity index (χ0n) is 9.21. The lowest BCUT2D eigenvalue weighted by Gasteiger charge is -2.13. The number of nitrogens with one attached hydrogen (secondary N) is 1. The quantitative estimate of drug-likeness (QED) is 0.874. The summed E-state index contributed by atoms with van der Waals surface area (Å²) in [6.07, 6.45) is -4.16. The van der Waals surface area contributed by atoms with E-state index >= 15 is 0 Å². The second-order valence-electron chi connectivity index (χ2n) is 3.90. The highest BCUT2D eigenvalue weighted by atomic mass is 32.1. The van der Waals surface area contributed by atoms with Crippen LogP contribution < -0.4 is 5.32 Å². The third-order valence-corrected chi connectivity index (χ3v) is 3.78. The topological polar surface area (TPSA) is 12.0 Å². The Bertz CT molecular complexity index is 471. The molecule has 5 heteroatoms. The van der Waals surface area contributed by atoms with E-state index in [0.29, 0.717) is 0 Å². The van der Waals surface area contributed by atoms with Crippen LogP contribution in [0.4, 0.5) is 13.2 Å². The van der Waals surface area contributed by atoms with Gasteiger partial charge in [-0.1, -0.05) is 18.2 Å². The van der Waals surface area contributed by atoms with Gasteiger partial charge in [-0.25, -0.2) is 0 Å². The molecule has 0 aliphatic carbocycles. The van der Waals surface area contributed by atoms with Crippen LogP contribution in [-0.4, -0.2) is 12.7 Å². The van der Waals surface area contributed by atoms with E-state index in [1.807, 2.05) is 30.3 Å². The molecule has 1 nitrogen and oxygen atoms in total. The van der Waals surface area contributed by atoms with E-state index in [-0.39, 0.29) is 6.04 Å². The van der Waals surface area contributed by atoms with Crippen LogP contribution in [0.1, 0.15) is 17.8 Å². The predicted octanol–water partition coefficient (Wildman–Crippen LogP) is 4.11. The van der Waals surface area contributed by atoms with Crippen LogP contribution in [0.3, 0.4) is 0 Å². The number of hydrogen-bond acceptors (Lipinski definition) is 2. The highest BCUT2D eigenvalue weighted by molar-refractivity contribution is 7.19. The largest absolute Gasteiger partial charge is 0.401 e. The summed E-state index contributed by atoms with van der Waals surface area (Å²) in [5.74, 6) is 0. The number of benzene rings is 1. The zero-order chi connectivity index (χ0) is 12.5. The minimum absolute atomic E-state index is 0.283. The molecule has 0 bridgehead atoms. The fourth-order valence-corrected chi connectivity index (χ4v) is 2.68. The Kier molecular flexibility index (Phi) is 3.40. The molecule has 1 atom stereocenters. The van der Waals surface area contributed by atoms with E-state index in [1.165, 1.54) is 11.3 Å². The van der Waals surface area contributed by atoms with Crippen LogP contribution >= 0.6 is 11.3 Å². The van der Waals surface area contributed by atoms with E-state index in [9.17, 15) is 13.2 Å². The van der Waals surface area contributed by atoms with Gasteiger partial charge in [-0.2, -0.15) is 13.2 Å². The van der Waals surface area contributed by atoms with E-state index in [1.54, 1.807) is 6.92 Å². The minimum atomic E-state index is -4.16. The Balaban J connectivity index is 2.11. The van der Waals surface area contributed by atoms with Crippen LogP contribution in [0, 0.1) is 0 Å². The van der Waals surface area contributed by atoms with Crippen molar-refractivity contribution in [2.45, 2.75) is 19.1 Å². The van der Waals surface area contributed by atoms with Crippen molar-refractivity contribution in [2.75, 3.05) is 6.54 Å². The molecule has 1 N–H and O–H groups in total. The average Bonchev–Trinajstić information content (AvgIpc) is 2.68. The molecule has 2 rings (SSSR count). The lowest BCUT2D eigenvalue weighted by Crippen LogP contribution is -2.30. The maximum atomic E-state index is 12.1. The summed E-state index contributed by atoms with van der Waals surface area (Å²) in [6, 6.07) is 9.44. The summed E-state index contributed by atoms with van der Waals surface area (Å²) < 4.78 is 37.3. The van der Waals surface area contributed by atoms with Gasteiger partial charge in [0.25, 0.3) is 0 Å². The molecule has 0 aliphatic heterocycles. The minimum Gasteiger partial charge on any atom is -0.301 e. The summed E-state index contributed by atoms with van der Waals surface area (Å²) in [7, 11) is 0. The second-order valence-corrected chi connectivity index (χ2v) is 5.02. The molecule has 0 saturated heterocycles. The van der Waals surface area contributed by atoms with Gasteiger partial charge in [0.05, 0.1) is 6.54 Å². The van der Waals surface area contributed by atoms with Crippen LogP contribution in [0.5, 0.6) is 0 Å². The third kappa shape index (κ3) is 3.20. The molecular formula is C12H12F3NS. The van der Waals surface area contributed by atoms with Gasteiger partial charge in [0.15, 0.2) is 0 Å². The number of alkyl halides is 3. The normalized spacial score (nSPS) is 14.1. The van der Waals surface area contributed by atoms with E-state index < -0.39 is 12.7 Å². The maximum absolute atomic E-state index is 12.1. The average molecular weight is 259 g/mol. The number of thiophene rings is 1. The molecule has 1 heterocycles. The Morgan fingerprint density at radius 3 is 2.65 bits per heavy atom. The molecule has 0 amide bonds. The van der Waals surface area contributed by atoms with E-state index in [0.717, 1.165) is 15.0 Å². The Morgan fingerprint density at radius 1 is 1.29 bits per heavy atom. The van der Waals surface area contributed by atoms with E-state index in [4.69, 9.17) is 0 Å². The van der Waals surface area contributed by atoms with Crippen molar-refractivity contribution < 1.29 is 13.2 Å². The summed E-state index contributed by atoms with van der Waals surface area (Å²) in [6.45, 7) is 0.791. The lowest BCUT2D eigenvalue weighted by molar-refractivity contribution is -0.126. The fraction of sp³-hybridized carbons (Fsp3) is 0.333. The van der Waals surface area contributed by atoms with Crippen molar-refractivity contribution in [3.63, 3.8) is 0 Å². The Morgan fingerprint density at radius 2 is 2.00 bits per heavy atom. The van der Waals surface area contributed by atoms with Crippen molar-refractivity contribution in [2.24, 2.45) is 0 Å². The third-order valence-electron chi connectivity index (χ3n) is 2.48. The predicted molar refractivity (Wildman–Crippen MR) is 64.3 cm³/mol. The second kappa shape index (κ2) is 4.66.